The first kappa shape index (κ1) is 20.7. The number of thiophene rings is 1. The predicted octanol–water partition coefficient (Wildman–Crippen LogP) is 4.07. The fraction of sp³-hybridized carbons (Fsp3) is 0.353. The van der Waals surface area contributed by atoms with Gasteiger partial charge in [0.25, 0.3) is 0 Å². The minimum absolute atomic E-state index is 0. The van der Waals surface area contributed by atoms with E-state index in [1.54, 1.807) is 17.4 Å². The Morgan fingerprint density at radius 2 is 2.12 bits per heavy atom. The van der Waals surface area contributed by atoms with Gasteiger partial charge in [-0.15, -0.1) is 35.3 Å². The first-order valence-electron chi connectivity index (χ1n) is 7.63. The molecule has 0 aliphatic heterocycles. The summed E-state index contributed by atoms with van der Waals surface area (Å²) in [6.07, 6.45) is 0. The van der Waals surface area contributed by atoms with Crippen molar-refractivity contribution in [2.24, 2.45) is 4.99 Å². The van der Waals surface area contributed by atoms with Crippen LogP contribution in [0.4, 0.5) is 4.39 Å². The SMILES string of the molecule is CCNC(=NCc1ccc(O)c(F)c1)NCC(C)c1cccs1.I. The molecule has 0 spiro atoms. The minimum atomic E-state index is -0.623. The summed E-state index contributed by atoms with van der Waals surface area (Å²) in [6.45, 7) is 6.04. The quantitative estimate of drug-likeness (QED) is 0.344. The molecule has 0 amide bonds. The van der Waals surface area contributed by atoms with Crippen LogP contribution in [0.2, 0.25) is 0 Å². The molecule has 0 fully saturated rings. The van der Waals surface area contributed by atoms with E-state index in [4.69, 9.17) is 0 Å². The summed E-state index contributed by atoms with van der Waals surface area (Å²) < 4.78 is 13.3. The molecule has 1 heterocycles. The third-order valence-corrected chi connectivity index (χ3v) is 4.48. The average Bonchev–Trinajstić information content (AvgIpc) is 3.07. The van der Waals surface area contributed by atoms with Gasteiger partial charge in [0.15, 0.2) is 17.5 Å². The van der Waals surface area contributed by atoms with Crippen molar-refractivity contribution in [3.05, 3.63) is 52.0 Å². The Hall–Kier alpha value is -1.35. The zero-order chi connectivity index (χ0) is 16.7. The van der Waals surface area contributed by atoms with Crippen molar-refractivity contribution in [2.75, 3.05) is 13.1 Å². The Morgan fingerprint density at radius 1 is 1.33 bits per heavy atom. The molecule has 0 aliphatic rings. The van der Waals surface area contributed by atoms with E-state index in [1.165, 1.54) is 17.0 Å². The van der Waals surface area contributed by atoms with Crippen LogP contribution in [0, 0.1) is 5.82 Å². The molecule has 1 aromatic heterocycles. The molecule has 0 saturated carbocycles. The number of rotatable bonds is 6. The van der Waals surface area contributed by atoms with Gasteiger partial charge in [-0.2, -0.15) is 0 Å². The molecule has 1 atom stereocenters. The normalized spacial score (nSPS) is 12.4. The van der Waals surface area contributed by atoms with Crippen molar-refractivity contribution >= 4 is 41.3 Å². The van der Waals surface area contributed by atoms with Crippen LogP contribution in [-0.2, 0) is 6.54 Å². The second-order valence-corrected chi connectivity index (χ2v) is 6.26. The molecular formula is C17H23FIN3OS. The van der Waals surface area contributed by atoms with Crippen molar-refractivity contribution in [3.8, 4) is 5.75 Å². The van der Waals surface area contributed by atoms with Crippen LogP contribution in [0.25, 0.3) is 0 Å². The van der Waals surface area contributed by atoms with E-state index in [-0.39, 0.29) is 29.7 Å². The van der Waals surface area contributed by atoms with Crippen LogP contribution in [0.5, 0.6) is 5.75 Å². The number of benzene rings is 1. The molecule has 1 unspecified atom stereocenters. The van der Waals surface area contributed by atoms with Gasteiger partial charge in [-0.3, -0.25) is 0 Å². The van der Waals surface area contributed by atoms with E-state index in [1.807, 2.05) is 6.92 Å². The van der Waals surface area contributed by atoms with Crippen molar-refractivity contribution in [3.63, 3.8) is 0 Å². The highest BCUT2D eigenvalue weighted by Crippen LogP contribution is 2.19. The summed E-state index contributed by atoms with van der Waals surface area (Å²) in [7, 11) is 0. The van der Waals surface area contributed by atoms with Crippen LogP contribution in [0.3, 0.4) is 0 Å². The molecule has 0 saturated heterocycles. The molecule has 0 bridgehead atoms. The van der Waals surface area contributed by atoms with Crippen LogP contribution >= 0.6 is 35.3 Å². The van der Waals surface area contributed by atoms with Gasteiger partial charge in [0.2, 0.25) is 0 Å². The zero-order valence-corrected chi connectivity index (χ0v) is 16.9. The van der Waals surface area contributed by atoms with Gasteiger partial charge in [0.1, 0.15) is 0 Å². The maximum absolute atomic E-state index is 13.3. The molecule has 2 rings (SSSR count). The lowest BCUT2D eigenvalue weighted by Crippen LogP contribution is -2.39. The molecule has 0 aliphatic carbocycles. The average molecular weight is 463 g/mol. The van der Waals surface area contributed by atoms with Gasteiger partial charge in [-0.25, -0.2) is 9.38 Å². The molecule has 2 aromatic rings. The number of aliphatic imine (C=N–C) groups is 1. The Morgan fingerprint density at radius 3 is 2.75 bits per heavy atom. The van der Waals surface area contributed by atoms with Crippen molar-refractivity contribution in [1.82, 2.24) is 10.6 Å². The van der Waals surface area contributed by atoms with Crippen LogP contribution in [0.15, 0.2) is 40.7 Å². The maximum atomic E-state index is 13.3. The fourth-order valence-corrected chi connectivity index (χ4v) is 2.87. The van der Waals surface area contributed by atoms with Crippen molar-refractivity contribution in [1.29, 1.82) is 0 Å². The van der Waals surface area contributed by atoms with Gasteiger partial charge in [-0.1, -0.05) is 19.1 Å². The summed E-state index contributed by atoms with van der Waals surface area (Å²) >= 11 is 1.74. The number of hydrogen-bond acceptors (Lipinski definition) is 3. The molecule has 7 heteroatoms. The van der Waals surface area contributed by atoms with E-state index < -0.39 is 5.82 Å². The van der Waals surface area contributed by atoms with Crippen LogP contribution < -0.4 is 10.6 Å². The van der Waals surface area contributed by atoms with Gasteiger partial charge < -0.3 is 15.7 Å². The molecule has 132 valence electrons. The van der Waals surface area contributed by atoms with E-state index in [9.17, 15) is 9.50 Å². The zero-order valence-electron chi connectivity index (χ0n) is 13.8. The van der Waals surface area contributed by atoms with Gasteiger partial charge in [0, 0.05) is 23.9 Å². The number of aromatic hydroxyl groups is 1. The molecular weight excluding hydrogens is 440 g/mol. The second-order valence-electron chi connectivity index (χ2n) is 5.28. The number of nitrogens with one attached hydrogen (secondary N) is 2. The summed E-state index contributed by atoms with van der Waals surface area (Å²) in [6, 6.07) is 8.49. The highest BCUT2D eigenvalue weighted by atomic mass is 127. The van der Waals surface area contributed by atoms with Crippen molar-refractivity contribution in [2.45, 2.75) is 26.3 Å². The van der Waals surface area contributed by atoms with Gasteiger partial charge in [-0.05, 0) is 36.1 Å². The van der Waals surface area contributed by atoms with Gasteiger partial charge >= 0.3 is 0 Å². The van der Waals surface area contributed by atoms with Crippen LogP contribution in [0.1, 0.15) is 30.2 Å². The minimum Gasteiger partial charge on any atom is -0.505 e. The Labute approximate surface area is 163 Å². The number of hydrogen-bond donors (Lipinski definition) is 3. The smallest absolute Gasteiger partial charge is 0.191 e. The van der Waals surface area contributed by atoms with E-state index in [0.717, 1.165) is 13.1 Å². The number of halogens is 2. The summed E-state index contributed by atoms with van der Waals surface area (Å²) in [5.74, 6) is 0.129. The summed E-state index contributed by atoms with van der Waals surface area (Å²) in [5, 5.41) is 17.8. The number of nitrogens with zero attached hydrogens (tertiary/aromatic N) is 1. The third-order valence-electron chi connectivity index (χ3n) is 3.38. The molecule has 1 aromatic carbocycles. The fourth-order valence-electron chi connectivity index (χ4n) is 2.08. The monoisotopic (exact) mass is 463 g/mol. The standard InChI is InChI=1S/C17H22FN3OS.HI/c1-3-19-17(20-10-12(2)16-5-4-8-23-16)21-11-13-6-7-15(22)14(18)9-13;/h4-9,12,22H,3,10-11H2,1-2H3,(H2,19,20,21);1H. The maximum Gasteiger partial charge on any atom is 0.191 e. The predicted molar refractivity (Wildman–Crippen MR) is 109 cm³/mol. The highest BCUT2D eigenvalue weighted by Gasteiger charge is 2.07. The van der Waals surface area contributed by atoms with Crippen LogP contribution in [-0.4, -0.2) is 24.2 Å². The largest absolute Gasteiger partial charge is 0.505 e. The molecule has 4 nitrogen and oxygen atoms in total. The van der Waals surface area contributed by atoms with Gasteiger partial charge in [0.05, 0.1) is 6.54 Å². The van der Waals surface area contributed by atoms with E-state index in [0.29, 0.717) is 24.0 Å². The Kier molecular flexibility index (Phi) is 9.05. The second kappa shape index (κ2) is 10.5. The lowest BCUT2D eigenvalue weighted by molar-refractivity contribution is 0.432. The lowest BCUT2D eigenvalue weighted by Gasteiger charge is -2.15. The Bertz CT molecular complexity index is 649. The highest BCUT2D eigenvalue weighted by molar-refractivity contribution is 14.0. The van der Waals surface area contributed by atoms with Crippen molar-refractivity contribution < 1.29 is 9.50 Å². The lowest BCUT2D eigenvalue weighted by atomic mass is 10.1. The summed E-state index contributed by atoms with van der Waals surface area (Å²) in [5.41, 5.74) is 0.712. The topological polar surface area (TPSA) is 56.7 Å². The van der Waals surface area contributed by atoms with E-state index in [2.05, 4.69) is 40.1 Å². The first-order valence-corrected chi connectivity index (χ1v) is 8.51. The third kappa shape index (κ3) is 6.27. The van der Waals surface area contributed by atoms with E-state index >= 15 is 0 Å². The Balaban J connectivity index is 0.00000288. The number of phenolic OH excluding ortho intramolecular Hbond substituents is 1. The molecule has 24 heavy (non-hydrogen) atoms. The molecule has 3 N–H and O–H groups in total. The number of guanidine groups is 1. The first-order chi connectivity index (χ1) is 11.1. The molecule has 0 radical (unpaired) electrons. The number of phenols is 1. The summed E-state index contributed by atoms with van der Waals surface area (Å²) in [4.78, 5) is 5.79.